The summed E-state index contributed by atoms with van der Waals surface area (Å²) in [5.41, 5.74) is 2.02. The van der Waals surface area contributed by atoms with Gasteiger partial charge in [0.1, 0.15) is 11.3 Å². The molecule has 0 fully saturated rings. The summed E-state index contributed by atoms with van der Waals surface area (Å²) in [7, 11) is -2.68. The van der Waals surface area contributed by atoms with Crippen molar-refractivity contribution in [3.8, 4) is 11.4 Å². The summed E-state index contributed by atoms with van der Waals surface area (Å²) in [6.45, 7) is 1.76. The third kappa shape index (κ3) is 5.06. The first-order valence-corrected chi connectivity index (χ1v) is 13.7. The van der Waals surface area contributed by atoms with Gasteiger partial charge in [-0.25, -0.2) is 22.9 Å². The third-order valence-electron chi connectivity index (χ3n) is 6.13. The van der Waals surface area contributed by atoms with Gasteiger partial charge in [-0.2, -0.15) is 5.10 Å². The Hall–Kier alpha value is -4.70. The van der Waals surface area contributed by atoms with Crippen molar-refractivity contribution in [2.75, 3.05) is 18.0 Å². The number of anilines is 1. The normalized spacial score (nSPS) is 11.3. The molecule has 3 aromatic carbocycles. The lowest BCUT2D eigenvalue weighted by Crippen LogP contribution is -2.32. The fourth-order valence-corrected chi connectivity index (χ4v) is 5.75. The smallest absolute Gasteiger partial charge is 0.341 e. The van der Waals surface area contributed by atoms with E-state index in [2.05, 4.69) is 10.1 Å². The monoisotopic (exact) mass is 542 g/mol. The van der Waals surface area contributed by atoms with Gasteiger partial charge in [0.25, 0.3) is 10.0 Å². The second kappa shape index (κ2) is 11.0. The van der Waals surface area contributed by atoms with Crippen LogP contribution in [0.3, 0.4) is 0 Å². The molecule has 0 amide bonds. The number of benzene rings is 3. The van der Waals surface area contributed by atoms with Gasteiger partial charge in [0, 0.05) is 6.20 Å². The molecule has 2 heterocycles. The molecule has 0 aliphatic heterocycles. The molecule has 0 atom stereocenters. The molecule has 5 aromatic rings. The van der Waals surface area contributed by atoms with E-state index in [0.29, 0.717) is 16.8 Å². The Morgan fingerprint density at radius 2 is 1.59 bits per heavy atom. The highest BCUT2D eigenvalue weighted by atomic mass is 32.2. The Morgan fingerprint density at radius 3 is 2.23 bits per heavy atom. The van der Waals surface area contributed by atoms with E-state index in [-0.39, 0.29) is 29.3 Å². The first-order valence-electron chi connectivity index (χ1n) is 12.2. The van der Waals surface area contributed by atoms with Crippen LogP contribution in [-0.4, -0.2) is 42.9 Å². The molecule has 0 aliphatic rings. The Kier molecular flexibility index (Phi) is 7.29. The number of nitrogens with zero attached hydrogens (tertiary/aromatic N) is 4. The highest BCUT2D eigenvalue weighted by Gasteiger charge is 2.32. The number of sulfonamides is 1. The van der Waals surface area contributed by atoms with E-state index in [0.717, 1.165) is 11.3 Å². The van der Waals surface area contributed by atoms with Crippen molar-refractivity contribution in [1.82, 2.24) is 14.8 Å². The second-order valence-electron chi connectivity index (χ2n) is 8.54. The molecular formula is C29H26N4O5S. The van der Waals surface area contributed by atoms with Crippen LogP contribution in [0.4, 0.5) is 5.69 Å². The van der Waals surface area contributed by atoms with Crippen LogP contribution in [0.5, 0.6) is 5.75 Å². The van der Waals surface area contributed by atoms with Gasteiger partial charge < -0.3 is 9.47 Å². The van der Waals surface area contributed by atoms with E-state index in [9.17, 15) is 13.2 Å². The number of ether oxygens (including phenoxy) is 2. The lowest BCUT2D eigenvalue weighted by molar-refractivity contribution is 0.0527. The summed E-state index contributed by atoms with van der Waals surface area (Å²) in [4.78, 5) is 17.7. The van der Waals surface area contributed by atoms with E-state index >= 15 is 0 Å². The van der Waals surface area contributed by atoms with Crippen molar-refractivity contribution in [2.24, 2.45) is 0 Å². The Labute approximate surface area is 226 Å². The van der Waals surface area contributed by atoms with Crippen LogP contribution in [-0.2, 0) is 21.3 Å². The molecule has 0 N–H and O–H groups in total. The van der Waals surface area contributed by atoms with Crippen molar-refractivity contribution in [3.63, 3.8) is 0 Å². The van der Waals surface area contributed by atoms with E-state index < -0.39 is 16.0 Å². The van der Waals surface area contributed by atoms with Crippen LogP contribution in [0.25, 0.3) is 16.7 Å². The van der Waals surface area contributed by atoms with E-state index in [1.807, 2.05) is 60.7 Å². The zero-order valence-corrected chi connectivity index (χ0v) is 22.2. The standard InChI is InChI=1S/C29H26N4O5S/c1-3-38-29(34)26-18-30-28-25(19-31-33(28)22-12-8-5-9-13-22)27(26)32(20-21-10-6-4-7-11-21)39(35,36)24-16-14-23(37-2)15-17-24/h4-19H,3,20H2,1-2H3. The zero-order chi connectivity index (χ0) is 27.4. The van der Waals surface area contributed by atoms with Gasteiger partial charge in [0.2, 0.25) is 0 Å². The molecule has 2 aromatic heterocycles. The number of hydrogen-bond acceptors (Lipinski definition) is 7. The van der Waals surface area contributed by atoms with E-state index in [1.165, 1.54) is 35.9 Å². The molecule has 39 heavy (non-hydrogen) atoms. The average molecular weight is 543 g/mol. The predicted octanol–water partition coefficient (Wildman–Crippen LogP) is 5.00. The van der Waals surface area contributed by atoms with Gasteiger partial charge in [-0.3, -0.25) is 4.31 Å². The molecule has 0 saturated heterocycles. The Morgan fingerprint density at radius 1 is 0.923 bits per heavy atom. The first kappa shape index (κ1) is 25.9. The largest absolute Gasteiger partial charge is 0.497 e. The Balaban J connectivity index is 1.78. The summed E-state index contributed by atoms with van der Waals surface area (Å²) in [6, 6.07) is 24.6. The van der Waals surface area contributed by atoms with Crippen LogP contribution in [0.1, 0.15) is 22.8 Å². The number of fused-ring (bicyclic) bond motifs is 1. The van der Waals surface area contributed by atoms with E-state index in [1.54, 1.807) is 23.7 Å². The quantitative estimate of drug-likeness (QED) is 0.241. The molecule has 10 heteroatoms. The third-order valence-corrected chi connectivity index (χ3v) is 7.89. The van der Waals surface area contributed by atoms with Gasteiger partial charge in [-0.15, -0.1) is 0 Å². The SMILES string of the molecule is CCOC(=O)c1cnc2c(cnn2-c2ccccc2)c1N(Cc1ccccc1)S(=O)(=O)c1ccc(OC)cc1. The number of para-hydroxylation sites is 1. The summed E-state index contributed by atoms with van der Waals surface area (Å²) < 4.78 is 41.9. The number of esters is 1. The summed E-state index contributed by atoms with van der Waals surface area (Å²) in [5.74, 6) is -0.163. The number of methoxy groups -OCH3 is 1. The summed E-state index contributed by atoms with van der Waals surface area (Å²) in [5, 5.41) is 4.89. The van der Waals surface area contributed by atoms with Crippen molar-refractivity contribution in [1.29, 1.82) is 0 Å². The van der Waals surface area contributed by atoms with Crippen LogP contribution >= 0.6 is 0 Å². The zero-order valence-electron chi connectivity index (χ0n) is 21.4. The van der Waals surface area contributed by atoms with Gasteiger partial charge in [-0.1, -0.05) is 48.5 Å². The first-order chi connectivity index (χ1) is 18.9. The number of aromatic nitrogens is 3. The molecule has 5 rings (SSSR count). The van der Waals surface area contributed by atoms with Crippen LogP contribution in [0.2, 0.25) is 0 Å². The minimum Gasteiger partial charge on any atom is -0.497 e. The fraction of sp³-hybridized carbons (Fsp3) is 0.138. The van der Waals surface area contributed by atoms with Crippen molar-refractivity contribution in [3.05, 3.63) is 108 Å². The number of rotatable bonds is 9. The topological polar surface area (TPSA) is 104 Å². The van der Waals surface area contributed by atoms with Crippen LogP contribution in [0.15, 0.2) is 102 Å². The van der Waals surface area contributed by atoms with E-state index in [4.69, 9.17) is 9.47 Å². The van der Waals surface area contributed by atoms with Gasteiger partial charge in [0.15, 0.2) is 5.65 Å². The number of hydrogen-bond donors (Lipinski definition) is 0. The predicted molar refractivity (Wildman–Crippen MR) is 148 cm³/mol. The second-order valence-corrected chi connectivity index (χ2v) is 10.4. The molecule has 0 spiro atoms. The van der Waals surface area contributed by atoms with Crippen LogP contribution < -0.4 is 9.04 Å². The summed E-state index contributed by atoms with van der Waals surface area (Å²) >= 11 is 0. The molecule has 9 nitrogen and oxygen atoms in total. The highest BCUT2D eigenvalue weighted by molar-refractivity contribution is 7.92. The molecule has 0 radical (unpaired) electrons. The minimum atomic E-state index is -4.19. The highest BCUT2D eigenvalue weighted by Crippen LogP contribution is 2.36. The average Bonchev–Trinajstić information content (AvgIpc) is 3.41. The van der Waals surface area contributed by atoms with Gasteiger partial charge in [0.05, 0.1) is 48.1 Å². The lowest BCUT2D eigenvalue weighted by Gasteiger charge is -2.27. The van der Waals surface area contributed by atoms with Crippen molar-refractivity contribution >= 4 is 32.7 Å². The molecular weight excluding hydrogens is 516 g/mol. The van der Waals surface area contributed by atoms with Crippen molar-refractivity contribution in [2.45, 2.75) is 18.4 Å². The molecule has 0 aliphatic carbocycles. The maximum atomic E-state index is 14.3. The maximum Gasteiger partial charge on any atom is 0.341 e. The molecule has 0 unspecified atom stereocenters. The maximum absolute atomic E-state index is 14.3. The fourth-order valence-electron chi connectivity index (χ4n) is 4.26. The van der Waals surface area contributed by atoms with Crippen molar-refractivity contribution < 1.29 is 22.7 Å². The number of pyridine rings is 1. The van der Waals surface area contributed by atoms with Gasteiger partial charge in [-0.05, 0) is 48.9 Å². The van der Waals surface area contributed by atoms with Gasteiger partial charge >= 0.3 is 5.97 Å². The summed E-state index contributed by atoms with van der Waals surface area (Å²) in [6.07, 6.45) is 2.87. The number of carbonyl (C=O) groups excluding carboxylic acids is 1. The lowest BCUT2D eigenvalue weighted by atomic mass is 10.1. The minimum absolute atomic E-state index is 0.0185. The number of carbonyl (C=O) groups is 1. The molecule has 198 valence electrons. The molecule has 0 bridgehead atoms. The Bertz CT molecular complexity index is 1700. The van der Waals surface area contributed by atoms with Crippen LogP contribution in [0, 0.1) is 0 Å². The molecule has 0 saturated carbocycles.